The van der Waals surface area contributed by atoms with E-state index in [9.17, 15) is 18.7 Å². The number of aromatic nitrogens is 3. The molecular weight excluding hydrogens is 492 g/mol. The fraction of sp³-hybridized carbons (Fsp3) is 0.280. The molecule has 0 fully saturated rings. The fourth-order valence-electron chi connectivity index (χ4n) is 3.37. The van der Waals surface area contributed by atoms with Gasteiger partial charge in [0.1, 0.15) is 34.7 Å². The molecule has 36 heavy (non-hydrogen) atoms. The molecule has 0 aliphatic heterocycles. The molecular formula is C25H26ClF2N5O3. The van der Waals surface area contributed by atoms with Gasteiger partial charge in [-0.25, -0.2) is 13.8 Å². The summed E-state index contributed by atoms with van der Waals surface area (Å²) in [6.07, 6.45) is 5.68. The number of nitrogens with one attached hydrogen (secondary N) is 2. The number of hydrogen-bond donors (Lipinski definition) is 3. The van der Waals surface area contributed by atoms with Crippen molar-refractivity contribution in [1.82, 2.24) is 14.5 Å². The van der Waals surface area contributed by atoms with Crippen molar-refractivity contribution in [2.75, 3.05) is 5.32 Å². The Morgan fingerprint density at radius 3 is 2.64 bits per heavy atom. The van der Waals surface area contributed by atoms with Gasteiger partial charge < -0.3 is 20.6 Å². The van der Waals surface area contributed by atoms with Gasteiger partial charge in [0.25, 0.3) is 5.56 Å². The van der Waals surface area contributed by atoms with E-state index in [1.54, 1.807) is 40.0 Å². The van der Waals surface area contributed by atoms with E-state index in [-0.39, 0.29) is 35.2 Å². The van der Waals surface area contributed by atoms with Crippen LogP contribution in [0.15, 0.2) is 47.7 Å². The van der Waals surface area contributed by atoms with E-state index in [0.29, 0.717) is 28.8 Å². The van der Waals surface area contributed by atoms with Crippen LogP contribution in [-0.2, 0) is 6.61 Å². The van der Waals surface area contributed by atoms with Crippen molar-refractivity contribution in [3.63, 3.8) is 0 Å². The highest BCUT2D eigenvalue weighted by Crippen LogP contribution is 2.26. The Kier molecular flexibility index (Phi) is 8.21. The Bertz CT molecular complexity index is 1380. The number of halogens is 3. The maximum absolute atomic E-state index is 13.9. The first-order valence-electron chi connectivity index (χ1n) is 10.9. The number of ether oxygens (including phenoxy) is 1. The third kappa shape index (κ3) is 6.73. The third-order valence-electron chi connectivity index (χ3n) is 5.00. The topological polar surface area (TPSA) is 113 Å². The van der Waals surface area contributed by atoms with Crippen molar-refractivity contribution >= 4 is 23.1 Å². The van der Waals surface area contributed by atoms with Gasteiger partial charge in [-0.1, -0.05) is 11.6 Å². The third-order valence-corrected chi connectivity index (χ3v) is 5.35. The number of anilines is 1. The lowest BCUT2D eigenvalue weighted by molar-refractivity contribution is 0.0887. The van der Waals surface area contributed by atoms with E-state index in [2.05, 4.69) is 15.3 Å². The van der Waals surface area contributed by atoms with Crippen molar-refractivity contribution in [3.8, 4) is 11.4 Å². The van der Waals surface area contributed by atoms with Crippen LogP contribution in [0.1, 0.15) is 37.2 Å². The van der Waals surface area contributed by atoms with Gasteiger partial charge >= 0.3 is 0 Å². The Hall–Kier alpha value is -3.63. The van der Waals surface area contributed by atoms with Crippen LogP contribution in [-0.4, -0.2) is 31.0 Å². The van der Waals surface area contributed by atoms with E-state index in [1.165, 1.54) is 22.9 Å². The largest absolute Gasteiger partial charge is 0.485 e. The standard InChI is InChI=1S/C25H26ClF2N5O3/c1-14-11-32-22(30-6-5-17(29)10-25(3,4)35)9-20(14)33-15(2)7-21(23(26)24(33)34)36-13-19-18(28)8-16(27)12-31-19/h5-9,11-12,29,35H,10,13H2,1-4H3,(H,30,32)/b6-5-,29-17?. The molecule has 0 aliphatic carbocycles. The average Bonchev–Trinajstić information content (AvgIpc) is 2.77. The average molecular weight is 518 g/mol. The maximum atomic E-state index is 13.9. The van der Waals surface area contributed by atoms with Crippen LogP contribution in [0.25, 0.3) is 5.69 Å². The zero-order valence-electron chi connectivity index (χ0n) is 20.2. The molecule has 0 aromatic carbocycles. The summed E-state index contributed by atoms with van der Waals surface area (Å²) in [6.45, 7) is 6.37. The lowest BCUT2D eigenvalue weighted by Gasteiger charge is -2.17. The summed E-state index contributed by atoms with van der Waals surface area (Å²) in [7, 11) is 0. The molecule has 0 aliphatic rings. The number of allylic oxidation sites excluding steroid dienone is 1. The lowest BCUT2D eigenvalue weighted by atomic mass is 10.0. The number of pyridine rings is 3. The highest BCUT2D eigenvalue weighted by molar-refractivity contribution is 6.31. The molecule has 11 heteroatoms. The molecule has 0 saturated carbocycles. The number of rotatable bonds is 9. The molecule has 0 spiro atoms. The highest BCUT2D eigenvalue weighted by atomic mass is 35.5. The lowest BCUT2D eigenvalue weighted by Crippen LogP contribution is -2.23. The molecule has 3 aromatic heterocycles. The van der Waals surface area contributed by atoms with Gasteiger partial charge in [-0.15, -0.1) is 0 Å². The Balaban J connectivity index is 1.85. The van der Waals surface area contributed by atoms with Crippen LogP contribution in [0.4, 0.5) is 14.6 Å². The van der Waals surface area contributed by atoms with Gasteiger partial charge in [-0.3, -0.25) is 14.3 Å². The van der Waals surface area contributed by atoms with Crippen molar-refractivity contribution in [3.05, 3.63) is 86.8 Å². The smallest absolute Gasteiger partial charge is 0.277 e. The van der Waals surface area contributed by atoms with Gasteiger partial charge in [0.2, 0.25) is 0 Å². The summed E-state index contributed by atoms with van der Waals surface area (Å²) in [5.41, 5.74) is 0.276. The summed E-state index contributed by atoms with van der Waals surface area (Å²) in [5.74, 6) is -1.21. The van der Waals surface area contributed by atoms with E-state index < -0.39 is 22.8 Å². The molecule has 3 aromatic rings. The molecule has 0 saturated heterocycles. The first kappa shape index (κ1) is 27.0. The molecule has 190 valence electrons. The van der Waals surface area contributed by atoms with Gasteiger partial charge in [-0.05, 0) is 39.3 Å². The van der Waals surface area contributed by atoms with E-state index >= 15 is 0 Å². The van der Waals surface area contributed by atoms with Gasteiger partial charge in [0.05, 0.1) is 17.5 Å². The molecule has 3 N–H and O–H groups in total. The van der Waals surface area contributed by atoms with Crippen molar-refractivity contribution in [2.24, 2.45) is 0 Å². The van der Waals surface area contributed by atoms with Crippen molar-refractivity contribution < 1.29 is 18.6 Å². The Morgan fingerprint density at radius 1 is 1.25 bits per heavy atom. The van der Waals surface area contributed by atoms with Gasteiger partial charge in [0, 0.05) is 48.4 Å². The molecule has 0 bridgehead atoms. The van der Waals surface area contributed by atoms with Crippen LogP contribution in [0.5, 0.6) is 5.75 Å². The minimum Gasteiger partial charge on any atom is -0.485 e. The first-order valence-corrected chi connectivity index (χ1v) is 11.3. The summed E-state index contributed by atoms with van der Waals surface area (Å²) >= 11 is 6.30. The monoisotopic (exact) mass is 517 g/mol. The molecule has 0 radical (unpaired) electrons. The number of aryl methyl sites for hydroxylation is 2. The first-order chi connectivity index (χ1) is 16.9. The molecule has 3 rings (SSSR count). The number of nitrogens with zero attached hydrogens (tertiary/aromatic N) is 3. The Morgan fingerprint density at radius 2 is 1.97 bits per heavy atom. The van der Waals surface area contributed by atoms with Crippen LogP contribution in [0.2, 0.25) is 5.02 Å². The summed E-state index contributed by atoms with van der Waals surface area (Å²) in [5, 5.41) is 20.5. The zero-order chi connectivity index (χ0) is 26.6. The summed E-state index contributed by atoms with van der Waals surface area (Å²) in [4.78, 5) is 21.1. The van der Waals surface area contributed by atoms with Gasteiger partial charge in [0.15, 0.2) is 5.82 Å². The Labute approximate surface area is 211 Å². The van der Waals surface area contributed by atoms with E-state index in [1.807, 2.05) is 0 Å². The molecule has 0 amide bonds. The van der Waals surface area contributed by atoms with Crippen LogP contribution in [0, 0.1) is 30.9 Å². The predicted octanol–water partition coefficient (Wildman–Crippen LogP) is 4.86. The maximum Gasteiger partial charge on any atom is 0.277 e. The molecule has 0 atom stereocenters. The molecule has 3 heterocycles. The second-order valence-electron chi connectivity index (χ2n) is 8.82. The SMILES string of the molecule is Cc1cnc(N/C=C\C(=N)CC(C)(C)O)cc1-n1c(C)cc(OCc2ncc(F)cc2F)c(Cl)c1=O. The van der Waals surface area contributed by atoms with Crippen molar-refractivity contribution in [2.45, 2.75) is 46.3 Å². The highest BCUT2D eigenvalue weighted by Gasteiger charge is 2.17. The van der Waals surface area contributed by atoms with Crippen LogP contribution < -0.4 is 15.6 Å². The summed E-state index contributed by atoms with van der Waals surface area (Å²) < 4.78 is 33.9. The predicted molar refractivity (Wildman–Crippen MR) is 134 cm³/mol. The van der Waals surface area contributed by atoms with E-state index in [0.717, 1.165) is 6.20 Å². The van der Waals surface area contributed by atoms with Crippen LogP contribution >= 0.6 is 11.6 Å². The second kappa shape index (κ2) is 11.0. The minimum absolute atomic E-state index is 0.0410. The summed E-state index contributed by atoms with van der Waals surface area (Å²) in [6, 6.07) is 3.89. The molecule has 8 nitrogen and oxygen atoms in total. The van der Waals surface area contributed by atoms with Gasteiger partial charge in [-0.2, -0.15) is 0 Å². The second-order valence-corrected chi connectivity index (χ2v) is 9.20. The number of aliphatic hydroxyl groups is 1. The van der Waals surface area contributed by atoms with E-state index in [4.69, 9.17) is 21.7 Å². The molecule has 0 unspecified atom stereocenters. The zero-order valence-corrected chi connectivity index (χ0v) is 21.0. The normalized spacial score (nSPS) is 11.7. The fourth-order valence-corrected chi connectivity index (χ4v) is 3.56. The quantitative estimate of drug-likeness (QED) is 0.349. The van der Waals surface area contributed by atoms with Crippen LogP contribution in [0.3, 0.4) is 0 Å². The minimum atomic E-state index is -0.992. The number of hydrogen-bond acceptors (Lipinski definition) is 7. The van der Waals surface area contributed by atoms with Crippen molar-refractivity contribution in [1.29, 1.82) is 5.41 Å².